The highest BCUT2D eigenvalue weighted by molar-refractivity contribution is 6.00. The van der Waals surface area contributed by atoms with Crippen LogP contribution < -0.4 is 15.5 Å². The van der Waals surface area contributed by atoms with Gasteiger partial charge in [0.25, 0.3) is 5.91 Å². The van der Waals surface area contributed by atoms with E-state index in [2.05, 4.69) is 15.8 Å². The second kappa shape index (κ2) is 9.61. The summed E-state index contributed by atoms with van der Waals surface area (Å²) in [5, 5.41) is 6.70. The number of carbonyl (C=O) groups excluding carboxylic acids is 2. The van der Waals surface area contributed by atoms with Gasteiger partial charge in [0, 0.05) is 12.3 Å². The van der Waals surface area contributed by atoms with Crippen LogP contribution in [-0.2, 0) is 9.59 Å². The summed E-state index contributed by atoms with van der Waals surface area (Å²) in [5.41, 5.74) is 3.88. The number of amides is 2. The SMILES string of the molecule is C/C(CC(=O)NCC(C)C)=N/NC(=O)COc1ccccc1C. The van der Waals surface area contributed by atoms with E-state index in [0.717, 1.165) is 5.56 Å². The molecule has 1 rings (SSSR count). The Bertz CT molecular complexity index is 568. The first kappa shape index (κ1) is 18.7. The Balaban J connectivity index is 2.33. The van der Waals surface area contributed by atoms with Crippen molar-refractivity contribution in [2.45, 2.75) is 34.1 Å². The smallest absolute Gasteiger partial charge is 0.277 e. The number of ether oxygens (including phenoxy) is 1. The molecule has 6 heteroatoms. The van der Waals surface area contributed by atoms with Crippen LogP contribution in [0.2, 0.25) is 0 Å². The van der Waals surface area contributed by atoms with Gasteiger partial charge in [0.05, 0.1) is 6.42 Å². The Hall–Kier alpha value is -2.37. The van der Waals surface area contributed by atoms with E-state index in [9.17, 15) is 9.59 Å². The van der Waals surface area contributed by atoms with Crippen molar-refractivity contribution in [3.63, 3.8) is 0 Å². The number of hydrogen-bond donors (Lipinski definition) is 2. The van der Waals surface area contributed by atoms with Crippen LogP contribution in [0.1, 0.15) is 32.8 Å². The number of nitrogens with zero attached hydrogens (tertiary/aromatic N) is 1. The fourth-order valence-electron chi connectivity index (χ4n) is 1.70. The average molecular weight is 319 g/mol. The molecule has 2 amide bonds. The Kier molecular flexibility index (Phi) is 7.80. The van der Waals surface area contributed by atoms with Gasteiger partial charge in [-0.25, -0.2) is 5.43 Å². The van der Waals surface area contributed by atoms with Crippen LogP contribution in [0.4, 0.5) is 0 Å². The normalized spacial score (nSPS) is 11.3. The van der Waals surface area contributed by atoms with Crippen molar-refractivity contribution in [3.8, 4) is 5.75 Å². The van der Waals surface area contributed by atoms with Crippen molar-refractivity contribution in [2.24, 2.45) is 11.0 Å². The summed E-state index contributed by atoms with van der Waals surface area (Å²) < 4.78 is 5.42. The minimum atomic E-state index is -0.366. The van der Waals surface area contributed by atoms with Gasteiger partial charge in [0.2, 0.25) is 5.91 Å². The average Bonchev–Trinajstić information content (AvgIpc) is 2.50. The van der Waals surface area contributed by atoms with Gasteiger partial charge >= 0.3 is 0 Å². The van der Waals surface area contributed by atoms with Crippen LogP contribution in [0.15, 0.2) is 29.4 Å². The molecule has 0 atom stereocenters. The second-order valence-electron chi connectivity index (χ2n) is 5.81. The molecule has 2 N–H and O–H groups in total. The molecule has 0 heterocycles. The third-order valence-electron chi connectivity index (χ3n) is 2.95. The summed E-state index contributed by atoms with van der Waals surface area (Å²) in [6, 6.07) is 7.46. The van der Waals surface area contributed by atoms with E-state index in [0.29, 0.717) is 23.9 Å². The standard InChI is InChI=1S/C17H25N3O3/c1-12(2)10-18-16(21)9-14(4)19-20-17(22)11-23-15-8-6-5-7-13(15)3/h5-8,12H,9-11H2,1-4H3,(H,18,21)(H,20,22)/b19-14-. The third kappa shape index (κ3) is 7.99. The van der Waals surface area contributed by atoms with Crippen LogP contribution in [-0.4, -0.2) is 30.7 Å². The Morgan fingerprint density at radius 3 is 2.57 bits per heavy atom. The van der Waals surface area contributed by atoms with Crippen LogP contribution in [0.3, 0.4) is 0 Å². The zero-order chi connectivity index (χ0) is 17.2. The van der Waals surface area contributed by atoms with E-state index in [4.69, 9.17) is 4.74 Å². The van der Waals surface area contributed by atoms with Gasteiger partial charge < -0.3 is 10.1 Å². The summed E-state index contributed by atoms with van der Waals surface area (Å²) in [7, 11) is 0. The monoisotopic (exact) mass is 319 g/mol. The van der Waals surface area contributed by atoms with E-state index in [-0.39, 0.29) is 24.8 Å². The number of hydrazone groups is 1. The Morgan fingerprint density at radius 1 is 1.22 bits per heavy atom. The van der Waals surface area contributed by atoms with Crippen molar-refractivity contribution in [1.82, 2.24) is 10.7 Å². The predicted octanol–water partition coefficient (Wildman–Crippen LogP) is 2.03. The number of para-hydroxylation sites is 1. The molecule has 0 saturated carbocycles. The molecule has 0 bridgehead atoms. The predicted molar refractivity (Wildman–Crippen MR) is 90.4 cm³/mol. The van der Waals surface area contributed by atoms with Crippen molar-refractivity contribution in [2.75, 3.05) is 13.2 Å². The molecular formula is C17H25N3O3. The first-order valence-electron chi connectivity index (χ1n) is 7.65. The minimum absolute atomic E-state index is 0.106. The van der Waals surface area contributed by atoms with Crippen LogP contribution in [0, 0.1) is 12.8 Å². The van der Waals surface area contributed by atoms with Crippen molar-refractivity contribution >= 4 is 17.5 Å². The maximum absolute atomic E-state index is 11.7. The quantitative estimate of drug-likeness (QED) is 0.568. The lowest BCUT2D eigenvalue weighted by molar-refractivity contribution is -0.123. The van der Waals surface area contributed by atoms with E-state index >= 15 is 0 Å². The van der Waals surface area contributed by atoms with Crippen molar-refractivity contribution < 1.29 is 14.3 Å². The van der Waals surface area contributed by atoms with Gasteiger partial charge in [0.1, 0.15) is 5.75 Å². The highest BCUT2D eigenvalue weighted by atomic mass is 16.5. The lowest BCUT2D eigenvalue weighted by Crippen LogP contribution is -2.30. The molecule has 0 fully saturated rings. The Morgan fingerprint density at radius 2 is 1.91 bits per heavy atom. The summed E-state index contributed by atoms with van der Waals surface area (Å²) in [6.07, 6.45) is 0.158. The highest BCUT2D eigenvalue weighted by Gasteiger charge is 2.06. The molecule has 0 aromatic heterocycles. The first-order chi connectivity index (χ1) is 10.9. The van der Waals surface area contributed by atoms with E-state index in [1.807, 2.05) is 39.0 Å². The largest absolute Gasteiger partial charge is 0.483 e. The first-order valence-corrected chi connectivity index (χ1v) is 7.65. The molecule has 0 aliphatic carbocycles. The van der Waals surface area contributed by atoms with Gasteiger partial charge in [0.15, 0.2) is 6.61 Å². The number of rotatable bonds is 8. The fourth-order valence-corrected chi connectivity index (χ4v) is 1.70. The molecule has 1 aromatic carbocycles. The van der Waals surface area contributed by atoms with Gasteiger partial charge in [-0.1, -0.05) is 32.0 Å². The maximum Gasteiger partial charge on any atom is 0.277 e. The van der Waals surface area contributed by atoms with Gasteiger partial charge in [-0.3, -0.25) is 9.59 Å². The zero-order valence-electron chi connectivity index (χ0n) is 14.2. The fraction of sp³-hybridized carbons (Fsp3) is 0.471. The number of aryl methyl sites for hydroxylation is 1. The molecular weight excluding hydrogens is 294 g/mol. The summed E-state index contributed by atoms with van der Waals surface area (Å²) in [4.78, 5) is 23.3. The van der Waals surface area contributed by atoms with E-state index in [1.165, 1.54) is 0 Å². The third-order valence-corrected chi connectivity index (χ3v) is 2.95. The van der Waals surface area contributed by atoms with Gasteiger partial charge in [-0.05, 0) is 31.4 Å². The van der Waals surface area contributed by atoms with Crippen molar-refractivity contribution in [1.29, 1.82) is 0 Å². The number of hydrogen-bond acceptors (Lipinski definition) is 4. The van der Waals surface area contributed by atoms with Crippen LogP contribution in [0.25, 0.3) is 0 Å². The van der Waals surface area contributed by atoms with E-state index < -0.39 is 0 Å². The van der Waals surface area contributed by atoms with Crippen molar-refractivity contribution in [3.05, 3.63) is 29.8 Å². The molecule has 0 aliphatic rings. The molecule has 23 heavy (non-hydrogen) atoms. The molecule has 0 aliphatic heterocycles. The number of carbonyl (C=O) groups is 2. The molecule has 0 radical (unpaired) electrons. The Labute approximate surface area is 137 Å². The molecule has 1 aromatic rings. The summed E-state index contributed by atoms with van der Waals surface area (Å²) >= 11 is 0. The molecule has 6 nitrogen and oxygen atoms in total. The molecule has 126 valence electrons. The molecule has 0 unspecified atom stereocenters. The lowest BCUT2D eigenvalue weighted by Gasteiger charge is -2.08. The number of benzene rings is 1. The van der Waals surface area contributed by atoms with Gasteiger partial charge in [-0.2, -0.15) is 5.10 Å². The minimum Gasteiger partial charge on any atom is -0.483 e. The number of nitrogens with one attached hydrogen (secondary N) is 2. The molecule has 0 saturated heterocycles. The van der Waals surface area contributed by atoms with Gasteiger partial charge in [-0.15, -0.1) is 0 Å². The zero-order valence-corrected chi connectivity index (χ0v) is 14.2. The maximum atomic E-state index is 11.7. The summed E-state index contributed by atoms with van der Waals surface area (Å²) in [6.45, 7) is 8.15. The second-order valence-corrected chi connectivity index (χ2v) is 5.81. The van der Waals surface area contributed by atoms with Crippen LogP contribution >= 0.6 is 0 Å². The lowest BCUT2D eigenvalue weighted by atomic mass is 10.2. The highest BCUT2D eigenvalue weighted by Crippen LogP contribution is 2.15. The van der Waals surface area contributed by atoms with Crippen LogP contribution in [0.5, 0.6) is 5.75 Å². The molecule has 0 spiro atoms. The van der Waals surface area contributed by atoms with E-state index in [1.54, 1.807) is 13.0 Å². The summed E-state index contributed by atoms with van der Waals surface area (Å²) in [5.74, 6) is 0.589. The topological polar surface area (TPSA) is 79.8 Å².